The maximum Gasteiger partial charge on any atom is 0.326 e. The fourth-order valence-corrected chi connectivity index (χ4v) is 2.97. The lowest BCUT2D eigenvalue weighted by Crippen LogP contribution is -2.46. The smallest absolute Gasteiger partial charge is 0.326 e. The number of carbonyl (C=O) groups excluding carboxylic acids is 1. The van der Waals surface area contributed by atoms with Gasteiger partial charge < -0.3 is 19.5 Å². The summed E-state index contributed by atoms with van der Waals surface area (Å²) in [7, 11) is 1.52. The Labute approximate surface area is 148 Å². The minimum absolute atomic E-state index is 0.0261. The molecule has 3 unspecified atom stereocenters. The van der Waals surface area contributed by atoms with Crippen molar-refractivity contribution in [1.82, 2.24) is 4.90 Å². The van der Waals surface area contributed by atoms with E-state index in [1.165, 1.54) is 12.0 Å². The largest absolute Gasteiger partial charge is 0.481 e. The Kier molecular flexibility index (Phi) is 5.72. The predicted octanol–water partition coefficient (Wildman–Crippen LogP) is 2.45. The van der Waals surface area contributed by atoms with Crippen LogP contribution in [0.2, 0.25) is 0 Å². The van der Waals surface area contributed by atoms with E-state index in [1.54, 1.807) is 13.0 Å². The molecule has 2 rings (SSSR count). The molecule has 1 fully saturated rings. The molecule has 1 N–H and O–H groups in total. The van der Waals surface area contributed by atoms with E-state index in [0.29, 0.717) is 12.2 Å². The highest BCUT2D eigenvalue weighted by molar-refractivity contribution is 5.87. The molecule has 1 aliphatic heterocycles. The van der Waals surface area contributed by atoms with Crippen LogP contribution in [0.25, 0.3) is 0 Å². The first kappa shape index (κ1) is 19.2. The number of carbonyl (C=O) groups is 2. The van der Waals surface area contributed by atoms with Crippen molar-refractivity contribution in [3.05, 3.63) is 29.8 Å². The van der Waals surface area contributed by atoms with Crippen LogP contribution < -0.4 is 4.74 Å². The Bertz CT molecular complexity index is 637. The van der Waals surface area contributed by atoms with E-state index in [2.05, 4.69) is 20.8 Å². The first-order valence-corrected chi connectivity index (χ1v) is 8.46. The van der Waals surface area contributed by atoms with Crippen molar-refractivity contribution in [2.75, 3.05) is 13.7 Å². The number of rotatable bonds is 5. The van der Waals surface area contributed by atoms with Gasteiger partial charge in [0, 0.05) is 20.1 Å². The molecule has 6 heteroatoms. The molecule has 138 valence electrons. The lowest BCUT2D eigenvalue weighted by atomic mass is 9.87. The molecule has 1 saturated heterocycles. The summed E-state index contributed by atoms with van der Waals surface area (Å²) in [5.41, 5.74) is 1.08. The summed E-state index contributed by atoms with van der Waals surface area (Å²) in [6, 6.07) is 6.76. The van der Waals surface area contributed by atoms with Gasteiger partial charge in [0.1, 0.15) is 11.8 Å². The molecular weight excluding hydrogens is 322 g/mol. The molecule has 3 atom stereocenters. The number of hydrogen-bond acceptors (Lipinski definition) is 4. The van der Waals surface area contributed by atoms with Gasteiger partial charge in [0.15, 0.2) is 6.10 Å². The van der Waals surface area contributed by atoms with Crippen LogP contribution in [0.4, 0.5) is 0 Å². The first-order chi connectivity index (χ1) is 11.6. The fourth-order valence-electron chi connectivity index (χ4n) is 2.97. The van der Waals surface area contributed by atoms with Crippen LogP contribution in [-0.2, 0) is 19.7 Å². The van der Waals surface area contributed by atoms with Crippen molar-refractivity contribution in [3.8, 4) is 5.75 Å². The monoisotopic (exact) mass is 349 g/mol. The van der Waals surface area contributed by atoms with Crippen molar-refractivity contribution >= 4 is 11.9 Å². The van der Waals surface area contributed by atoms with Crippen LogP contribution in [0.15, 0.2) is 24.3 Å². The lowest BCUT2D eigenvalue weighted by Gasteiger charge is -2.26. The van der Waals surface area contributed by atoms with E-state index in [1.807, 2.05) is 18.2 Å². The Morgan fingerprint density at radius 3 is 2.56 bits per heavy atom. The number of benzene rings is 1. The van der Waals surface area contributed by atoms with E-state index in [-0.39, 0.29) is 24.0 Å². The number of carboxylic acids is 1. The summed E-state index contributed by atoms with van der Waals surface area (Å²) in [5, 5.41) is 9.35. The van der Waals surface area contributed by atoms with E-state index >= 15 is 0 Å². The summed E-state index contributed by atoms with van der Waals surface area (Å²) in [4.78, 5) is 25.5. The van der Waals surface area contributed by atoms with Gasteiger partial charge in [-0.1, -0.05) is 32.9 Å². The van der Waals surface area contributed by atoms with E-state index in [0.717, 1.165) is 5.56 Å². The standard InChI is InChI=1S/C19H27NO5/c1-12(25-14-8-6-7-13(9-14)19(2,3)4)17(21)20-11-15(24-5)10-16(20)18(22)23/h6-9,12,15-16H,10-11H2,1-5H3,(H,22,23). The van der Waals surface area contributed by atoms with Gasteiger partial charge in [-0.05, 0) is 30.0 Å². The number of hydrogen-bond donors (Lipinski definition) is 1. The van der Waals surface area contributed by atoms with Gasteiger partial charge in [-0.15, -0.1) is 0 Å². The predicted molar refractivity (Wildman–Crippen MR) is 93.8 cm³/mol. The molecule has 0 aromatic heterocycles. The van der Waals surface area contributed by atoms with Gasteiger partial charge in [-0.25, -0.2) is 4.79 Å². The minimum atomic E-state index is -1.02. The van der Waals surface area contributed by atoms with Crippen LogP contribution in [0.1, 0.15) is 39.7 Å². The molecular formula is C19H27NO5. The number of amides is 1. The molecule has 25 heavy (non-hydrogen) atoms. The Balaban J connectivity index is 2.11. The van der Waals surface area contributed by atoms with Crippen molar-refractivity contribution in [2.24, 2.45) is 0 Å². The number of nitrogens with zero attached hydrogens (tertiary/aromatic N) is 1. The van der Waals surface area contributed by atoms with E-state index in [9.17, 15) is 14.7 Å². The summed E-state index contributed by atoms with van der Waals surface area (Å²) < 4.78 is 11.0. The van der Waals surface area contributed by atoms with Crippen LogP contribution in [0.5, 0.6) is 5.75 Å². The highest BCUT2D eigenvalue weighted by Gasteiger charge is 2.41. The third-order valence-corrected chi connectivity index (χ3v) is 4.52. The molecule has 1 amide bonds. The molecule has 6 nitrogen and oxygen atoms in total. The highest BCUT2D eigenvalue weighted by Crippen LogP contribution is 2.27. The van der Waals surface area contributed by atoms with Crippen molar-refractivity contribution in [2.45, 2.75) is 57.8 Å². The van der Waals surface area contributed by atoms with Gasteiger partial charge in [0.2, 0.25) is 0 Å². The number of ether oxygens (including phenoxy) is 2. The second-order valence-corrected chi connectivity index (χ2v) is 7.48. The van der Waals surface area contributed by atoms with Crippen LogP contribution in [-0.4, -0.2) is 53.8 Å². The third-order valence-electron chi connectivity index (χ3n) is 4.52. The van der Waals surface area contributed by atoms with Crippen molar-refractivity contribution in [3.63, 3.8) is 0 Å². The Hall–Kier alpha value is -2.08. The molecule has 1 heterocycles. The zero-order valence-electron chi connectivity index (χ0n) is 15.5. The number of carboxylic acid groups (broad SMARTS) is 1. The molecule has 0 saturated carbocycles. The molecule has 0 bridgehead atoms. The number of likely N-dealkylation sites (tertiary alicyclic amines) is 1. The van der Waals surface area contributed by atoms with Gasteiger partial charge in [-0.3, -0.25) is 4.79 Å². The summed E-state index contributed by atoms with van der Waals surface area (Å²) in [6.07, 6.45) is -0.738. The highest BCUT2D eigenvalue weighted by atomic mass is 16.5. The van der Waals surface area contributed by atoms with Gasteiger partial charge in [0.05, 0.1) is 6.10 Å². The zero-order valence-corrected chi connectivity index (χ0v) is 15.5. The molecule has 0 spiro atoms. The Morgan fingerprint density at radius 1 is 1.32 bits per heavy atom. The zero-order chi connectivity index (χ0) is 18.8. The molecule has 1 aromatic carbocycles. The van der Waals surface area contributed by atoms with Gasteiger partial charge >= 0.3 is 5.97 Å². The quantitative estimate of drug-likeness (QED) is 0.884. The average Bonchev–Trinajstić information content (AvgIpc) is 2.98. The second kappa shape index (κ2) is 7.44. The number of methoxy groups -OCH3 is 1. The lowest BCUT2D eigenvalue weighted by molar-refractivity contribution is -0.150. The summed E-state index contributed by atoms with van der Waals surface area (Å²) in [6.45, 7) is 8.22. The van der Waals surface area contributed by atoms with E-state index < -0.39 is 18.1 Å². The average molecular weight is 349 g/mol. The number of aliphatic carboxylic acids is 1. The summed E-state index contributed by atoms with van der Waals surface area (Å²) in [5.74, 6) is -0.759. The minimum Gasteiger partial charge on any atom is -0.481 e. The topological polar surface area (TPSA) is 76.1 Å². The maximum absolute atomic E-state index is 12.7. The molecule has 1 aromatic rings. The first-order valence-electron chi connectivity index (χ1n) is 8.46. The third kappa shape index (κ3) is 4.51. The maximum atomic E-state index is 12.7. The molecule has 0 radical (unpaired) electrons. The SMILES string of the molecule is COC1CC(C(=O)O)N(C(=O)C(C)Oc2cccc(C(C)(C)C)c2)C1. The van der Waals surface area contributed by atoms with Crippen LogP contribution in [0, 0.1) is 0 Å². The van der Waals surface area contributed by atoms with Crippen molar-refractivity contribution < 1.29 is 24.2 Å². The van der Waals surface area contributed by atoms with Gasteiger partial charge in [-0.2, -0.15) is 0 Å². The van der Waals surface area contributed by atoms with Gasteiger partial charge in [0.25, 0.3) is 5.91 Å². The van der Waals surface area contributed by atoms with E-state index in [4.69, 9.17) is 9.47 Å². The summed E-state index contributed by atoms with van der Waals surface area (Å²) >= 11 is 0. The Morgan fingerprint density at radius 2 is 2.00 bits per heavy atom. The van der Waals surface area contributed by atoms with Crippen LogP contribution >= 0.6 is 0 Å². The van der Waals surface area contributed by atoms with Crippen LogP contribution in [0.3, 0.4) is 0 Å². The fraction of sp³-hybridized carbons (Fsp3) is 0.579. The van der Waals surface area contributed by atoms with Crippen molar-refractivity contribution in [1.29, 1.82) is 0 Å². The normalized spacial score (nSPS) is 21.9. The molecule has 0 aliphatic carbocycles. The second-order valence-electron chi connectivity index (χ2n) is 7.48. The molecule has 1 aliphatic rings.